The lowest BCUT2D eigenvalue weighted by molar-refractivity contribution is -0.213. The van der Waals surface area contributed by atoms with Crippen LogP contribution >= 0.6 is 0 Å². The van der Waals surface area contributed by atoms with Crippen LogP contribution in [0, 0.1) is 0 Å². The number of piperidine rings is 1. The molecule has 42 heavy (non-hydrogen) atoms. The van der Waals surface area contributed by atoms with E-state index in [2.05, 4.69) is 18.0 Å². The molecule has 1 saturated heterocycles. The zero-order valence-electron chi connectivity index (χ0n) is 25.5. The van der Waals surface area contributed by atoms with Crippen LogP contribution in [0.5, 0.6) is 11.5 Å². The van der Waals surface area contributed by atoms with Crippen LogP contribution in [0.25, 0.3) is 0 Å². The van der Waals surface area contributed by atoms with E-state index in [0.717, 1.165) is 42.9 Å². The van der Waals surface area contributed by atoms with Crippen LogP contribution in [-0.2, 0) is 45.0 Å². The molecule has 2 aliphatic carbocycles. The molecule has 1 saturated carbocycles. The molecule has 2 aliphatic heterocycles. The van der Waals surface area contributed by atoms with E-state index in [9.17, 15) is 5.11 Å². The van der Waals surface area contributed by atoms with Crippen molar-refractivity contribution in [1.82, 2.24) is 4.90 Å². The highest BCUT2D eigenvalue weighted by Crippen LogP contribution is 2.65. The van der Waals surface area contributed by atoms with E-state index in [-0.39, 0.29) is 18.2 Å². The summed E-state index contributed by atoms with van der Waals surface area (Å²) < 4.78 is 51.3. The first-order valence-electron chi connectivity index (χ1n) is 15.4. The predicted octanol–water partition coefficient (Wildman–Crippen LogP) is 1.59. The smallest absolute Gasteiger partial charge is 0.166 e. The van der Waals surface area contributed by atoms with Crippen LogP contribution in [0.3, 0.4) is 0 Å². The number of likely N-dealkylation sites (tertiary alicyclic amines) is 1. The van der Waals surface area contributed by atoms with Crippen molar-refractivity contribution in [2.24, 2.45) is 0 Å². The third kappa shape index (κ3) is 6.31. The zero-order chi connectivity index (χ0) is 29.4. The fourth-order valence-electron chi connectivity index (χ4n) is 7.41. The summed E-state index contributed by atoms with van der Waals surface area (Å²) in [5.74, 6) is 1.53. The van der Waals surface area contributed by atoms with Crippen molar-refractivity contribution in [3.05, 3.63) is 23.3 Å². The van der Waals surface area contributed by atoms with Gasteiger partial charge in [-0.3, -0.25) is 0 Å². The van der Waals surface area contributed by atoms with Crippen LogP contribution in [0.15, 0.2) is 12.1 Å². The standard InChI is InChI=1S/C31H49NO10/c1-32-9-8-30-27-23-4-5-24(35-3)28(27)42-29(30)25(6-7-31(30,33)26(32)22-23)41-21-20-40-19-18-39-17-16-38-15-14-37-13-12-36-11-10-34-2/h4-5,25-26,29,33H,6-22H2,1-3H3. The second-order valence-electron chi connectivity index (χ2n) is 11.5. The topological polar surface area (TPSA) is 107 Å². The Kier molecular flexibility index (Phi) is 11.4. The van der Waals surface area contributed by atoms with Crippen LogP contribution < -0.4 is 9.47 Å². The Morgan fingerprint density at radius 3 is 2.02 bits per heavy atom. The van der Waals surface area contributed by atoms with E-state index in [1.54, 1.807) is 14.2 Å². The molecule has 11 nitrogen and oxygen atoms in total. The molecular formula is C31H49NO10. The van der Waals surface area contributed by atoms with Gasteiger partial charge >= 0.3 is 0 Å². The maximum Gasteiger partial charge on any atom is 0.166 e. The Balaban J connectivity index is 0.985. The summed E-state index contributed by atoms with van der Waals surface area (Å²) in [4.78, 5) is 2.33. The Morgan fingerprint density at radius 2 is 1.43 bits per heavy atom. The summed E-state index contributed by atoms with van der Waals surface area (Å²) >= 11 is 0. The minimum atomic E-state index is -0.848. The molecule has 1 N–H and O–H groups in total. The summed E-state index contributed by atoms with van der Waals surface area (Å²) in [6.45, 7) is 7.19. The van der Waals surface area contributed by atoms with E-state index in [1.165, 1.54) is 5.56 Å². The van der Waals surface area contributed by atoms with Crippen molar-refractivity contribution in [2.75, 3.05) is 107 Å². The average Bonchev–Trinajstić information content (AvgIpc) is 3.35. The third-order valence-electron chi connectivity index (χ3n) is 9.36. The predicted molar refractivity (Wildman–Crippen MR) is 154 cm³/mol. The molecule has 0 amide bonds. The molecule has 2 bridgehead atoms. The number of aliphatic hydroxyl groups is 1. The first-order chi connectivity index (χ1) is 20.6. The van der Waals surface area contributed by atoms with Crippen LogP contribution in [0.1, 0.15) is 30.4 Å². The van der Waals surface area contributed by atoms with Gasteiger partial charge in [-0.2, -0.15) is 0 Å². The molecule has 0 radical (unpaired) electrons. The summed E-state index contributed by atoms with van der Waals surface area (Å²) in [7, 11) is 5.46. The van der Waals surface area contributed by atoms with E-state index in [4.69, 9.17) is 42.6 Å². The number of nitrogens with zero attached hydrogens (tertiary/aromatic N) is 1. The molecule has 0 aromatic heterocycles. The highest BCUT2D eigenvalue weighted by atomic mass is 16.6. The lowest BCUT2D eigenvalue weighted by atomic mass is 9.48. The number of benzene rings is 1. The molecule has 5 unspecified atom stereocenters. The van der Waals surface area contributed by atoms with Gasteiger partial charge in [-0.1, -0.05) is 6.07 Å². The SMILES string of the molecule is COCCOCCOCCOCCOCCOCCOC1CCC2(O)C3Cc4ccc(OC)c5c4C2(CCN3C)C1O5. The molecule has 1 spiro atoms. The van der Waals surface area contributed by atoms with Gasteiger partial charge in [0.2, 0.25) is 0 Å². The van der Waals surface area contributed by atoms with Crippen LogP contribution in [0.4, 0.5) is 0 Å². The molecule has 238 valence electrons. The number of methoxy groups -OCH3 is 2. The van der Waals surface area contributed by atoms with Gasteiger partial charge in [-0.25, -0.2) is 0 Å². The van der Waals surface area contributed by atoms with E-state index >= 15 is 0 Å². The maximum absolute atomic E-state index is 12.3. The highest BCUT2D eigenvalue weighted by molar-refractivity contribution is 5.62. The van der Waals surface area contributed by atoms with Crippen molar-refractivity contribution in [2.45, 2.75) is 54.9 Å². The van der Waals surface area contributed by atoms with E-state index in [1.807, 2.05) is 6.07 Å². The minimum Gasteiger partial charge on any atom is -0.493 e. The summed E-state index contributed by atoms with van der Waals surface area (Å²) in [6, 6.07) is 4.23. The Hall–Kier alpha value is -1.54. The monoisotopic (exact) mass is 595 g/mol. The number of ether oxygens (including phenoxy) is 9. The van der Waals surface area contributed by atoms with Gasteiger partial charge in [-0.15, -0.1) is 0 Å². The van der Waals surface area contributed by atoms with Gasteiger partial charge in [0.25, 0.3) is 0 Å². The molecule has 4 aliphatic rings. The Labute approximate surface area is 249 Å². The number of likely N-dealkylation sites (N-methyl/N-ethyl adjacent to an activating group) is 1. The molecule has 2 fully saturated rings. The lowest BCUT2D eigenvalue weighted by Gasteiger charge is -2.63. The lowest BCUT2D eigenvalue weighted by Crippen LogP contribution is -2.76. The molecule has 1 aromatic carbocycles. The molecule has 5 atom stereocenters. The molecular weight excluding hydrogens is 546 g/mol. The average molecular weight is 596 g/mol. The van der Waals surface area contributed by atoms with E-state index < -0.39 is 11.0 Å². The normalized spacial score (nSPS) is 29.4. The maximum atomic E-state index is 12.3. The Bertz CT molecular complexity index is 997. The first kappa shape index (κ1) is 31.9. The van der Waals surface area contributed by atoms with Gasteiger partial charge < -0.3 is 52.6 Å². The number of rotatable bonds is 20. The number of hydrogen-bond donors (Lipinski definition) is 1. The summed E-state index contributed by atoms with van der Waals surface area (Å²) in [5, 5.41) is 12.3. The second kappa shape index (κ2) is 15.0. The summed E-state index contributed by atoms with van der Waals surface area (Å²) in [5.41, 5.74) is 1.09. The third-order valence-corrected chi connectivity index (χ3v) is 9.36. The van der Waals surface area contributed by atoms with Gasteiger partial charge in [0, 0.05) is 18.7 Å². The molecule has 5 rings (SSSR count). The van der Waals surface area contributed by atoms with E-state index in [0.29, 0.717) is 85.7 Å². The second-order valence-corrected chi connectivity index (χ2v) is 11.5. The quantitative estimate of drug-likeness (QED) is 0.222. The van der Waals surface area contributed by atoms with Gasteiger partial charge in [0.15, 0.2) is 11.5 Å². The zero-order valence-corrected chi connectivity index (χ0v) is 25.5. The van der Waals surface area contributed by atoms with Crippen LogP contribution in [-0.4, -0.2) is 141 Å². The van der Waals surface area contributed by atoms with Gasteiger partial charge in [0.1, 0.15) is 6.10 Å². The minimum absolute atomic E-state index is 0.0728. The Morgan fingerprint density at radius 1 is 0.833 bits per heavy atom. The van der Waals surface area contributed by atoms with Crippen molar-refractivity contribution < 1.29 is 47.7 Å². The van der Waals surface area contributed by atoms with Crippen LogP contribution in [0.2, 0.25) is 0 Å². The highest BCUT2D eigenvalue weighted by Gasteiger charge is 2.72. The molecule has 1 aromatic rings. The van der Waals surface area contributed by atoms with Crippen molar-refractivity contribution in [3.8, 4) is 11.5 Å². The van der Waals surface area contributed by atoms with Gasteiger partial charge in [-0.05, 0) is 50.9 Å². The largest absolute Gasteiger partial charge is 0.493 e. The van der Waals surface area contributed by atoms with Crippen molar-refractivity contribution in [1.29, 1.82) is 0 Å². The molecule has 2 heterocycles. The molecule has 11 heteroatoms. The first-order valence-corrected chi connectivity index (χ1v) is 15.4. The fraction of sp³-hybridized carbons (Fsp3) is 0.806. The number of hydrogen-bond acceptors (Lipinski definition) is 11. The van der Waals surface area contributed by atoms with Gasteiger partial charge in [0.05, 0.1) is 104 Å². The fourth-order valence-corrected chi connectivity index (χ4v) is 7.41. The van der Waals surface area contributed by atoms with Crippen molar-refractivity contribution in [3.63, 3.8) is 0 Å². The summed E-state index contributed by atoms with van der Waals surface area (Å²) in [6.07, 6.45) is 2.72. The van der Waals surface area contributed by atoms with Crippen molar-refractivity contribution >= 4 is 0 Å².